The van der Waals surface area contributed by atoms with Gasteiger partial charge in [0.2, 0.25) is 0 Å². The molecule has 2 aromatic carbocycles. The van der Waals surface area contributed by atoms with E-state index in [4.69, 9.17) is 0 Å². The van der Waals surface area contributed by atoms with Gasteiger partial charge in [-0.3, -0.25) is 4.79 Å². The summed E-state index contributed by atoms with van der Waals surface area (Å²) in [6, 6.07) is 14.1. The fourth-order valence-corrected chi connectivity index (χ4v) is 2.35. The molecule has 0 unspecified atom stereocenters. The maximum absolute atomic E-state index is 12.6. The molecule has 3 aromatic rings. The Morgan fingerprint density at radius 2 is 1.73 bits per heavy atom. The maximum Gasteiger partial charge on any atom is 0.416 e. The molecule has 1 atom stereocenters. The van der Waals surface area contributed by atoms with E-state index in [2.05, 4.69) is 15.5 Å². The molecule has 9 heteroatoms. The number of alkyl halides is 3. The minimum absolute atomic E-state index is 0.0106. The Kier molecular flexibility index (Phi) is 4.49. The molecule has 0 bridgehead atoms. The molecule has 0 spiro atoms. The van der Waals surface area contributed by atoms with Crippen LogP contribution in [-0.2, 0) is 6.18 Å². The first-order chi connectivity index (χ1) is 12.4. The molecule has 0 N–H and O–H groups in total. The molecule has 0 saturated carbocycles. The van der Waals surface area contributed by atoms with Crippen LogP contribution in [-0.4, -0.2) is 26.0 Å². The van der Waals surface area contributed by atoms with Crippen LogP contribution >= 0.6 is 0 Å². The van der Waals surface area contributed by atoms with Crippen LogP contribution in [0.5, 0.6) is 0 Å². The monoisotopic (exact) mass is 357 g/mol. The van der Waals surface area contributed by atoms with Crippen molar-refractivity contribution in [2.75, 3.05) is 0 Å². The molecule has 0 saturated heterocycles. The van der Waals surface area contributed by atoms with Crippen molar-refractivity contribution in [3.8, 4) is 11.8 Å². The Labute approximate surface area is 145 Å². The first-order valence-electron chi connectivity index (χ1n) is 7.36. The van der Waals surface area contributed by atoms with Gasteiger partial charge in [-0.05, 0) is 34.7 Å². The van der Waals surface area contributed by atoms with Crippen molar-refractivity contribution < 1.29 is 18.0 Å². The zero-order valence-electron chi connectivity index (χ0n) is 13.1. The van der Waals surface area contributed by atoms with Gasteiger partial charge in [0.15, 0.2) is 17.5 Å². The number of carbonyl (C=O) groups excluding carboxylic acids is 1. The molecular weight excluding hydrogens is 347 g/mol. The summed E-state index contributed by atoms with van der Waals surface area (Å²) in [5.74, 6) is -2.06. The third-order valence-electron chi connectivity index (χ3n) is 3.64. The third-order valence-corrected chi connectivity index (χ3v) is 3.64. The van der Waals surface area contributed by atoms with Gasteiger partial charge in [-0.25, -0.2) is 0 Å². The van der Waals surface area contributed by atoms with E-state index in [-0.39, 0.29) is 11.4 Å². The Morgan fingerprint density at radius 3 is 2.31 bits per heavy atom. The molecule has 6 nitrogen and oxygen atoms in total. The van der Waals surface area contributed by atoms with Crippen molar-refractivity contribution >= 4 is 5.78 Å². The summed E-state index contributed by atoms with van der Waals surface area (Å²) in [6.07, 6.45) is -4.51. The predicted molar refractivity (Wildman–Crippen MR) is 83.3 cm³/mol. The Morgan fingerprint density at radius 1 is 1.08 bits per heavy atom. The van der Waals surface area contributed by atoms with Gasteiger partial charge in [0.05, 0.1) is 17.3 Å². The Balaban J connectivity index is 1.95. The van der Waals surface area contributed by atoms with Crippen molar-refractivity contribution in [3.63, 3.8) is 0 Å². The van der Waals surface area contributed by atoms with Crippen LogP contribution in [0.25, 0.3) is 5.69 Å². The quantitative estimate of drug-likeness (QED) is 0.670. The average molecular weight is 357 g/mol. The summed E-state index contributed by atoms with van der Waals surface area (Å²) in [5.41, 5.74) is -0.364. The van der Waals surface area contributed by atoms with Crippen molar-refractivity contribution in [2.24, 2.45) is 0 Å². The van der Waals surface area contributed by atoms with Crippen LogP contribution in [0.15, 0.2) is 54.6 Å². The number of aromatic nitrogens is 4. The number of hydrogen-bond donors (Lipinski definition) is 0. The van der Waals surface area contributed by atoms with Crippen LogP contribution in [0.2, 0.25) is 0 Å². The van der Waals surface area contributed by atoms with Gasteiger partial charge in [0.1, 0.15) is 0 Å². The van der Waals surface area contributed by atoms with Gasteiger partial charge in [-0.1, -0.05) is 30.3 Å². The number of nitrogens with zero attached hydrogens (tertiary/aromatic N) is 5. The summed E-state index contributed by atoms with van der Waals surface area (Å²) >= 11 is 0. The minimum Gasteiger partial charge on any atom is -0.292 e. The van der Waals surface area contributed by atoms with Crippen LogP contribution in [0.1, 0.15) is 27.7 Å². The zero-order chi connectivity index (χ0) is 18.7. The van der Waals surface area contributed by atoms with Crippen LogP contribution in [0.3, 0.4) is 0 Å². The first kappa shape index (κ1) is 17.3. The molecule has 0 fully saturated rings. The highest BCUT2D eigenvalue weighted by Crippen LogP contribution is 2.30. The standard InChI is InChI=1S/C17H10F3N5O/c18-17(19,20)12-8-6-11(7-9-12)15(26)14(10-21)16-22-23-24-25(16)13-4-2-1-3-5-13/h1-9,14H/t14-/m0/s1. The van der Waals surface area contributed by atoms with Crippen molar-refractivity contribution in [2.45, 2.75) is 12.1 Å². The maximum atomic E-state index is 12.6. The summed E-state index contributed by atoms with van der Waals surface area (Å²) in [5, 5.41) is 20.5. The van der Waals surface area contributed by atoms with Gasteiger partial charge in [-0.2, -0.15) is 23.1 Å². The van der Waals surface area contributed by atoms with E-state index in [1.807, 2.05) is 6.07 Å². The molecular formula is C17H10F3N5O. The van der Waals surface area contributed by atoms with Gasteiger partial charge in [-0.15, -0.1) is 5.10 Å². The van der Waals surface area contributed by atoms with Crippen LogP contribution in [0, 0.1) is 11.3 Å². The average Bonchev–Trinajstić information content (AvgIpc) is 3.12. The van der Waals surface area contributed by atoms with Gasteiger partial charge in [0, 0.05) is 5.56 Å². The van der Waals surface area contributed by atoms with Gasteiger partial charge in [0.25, 0.3) is 0 Å². The third kappa shape index (κ3) is 3.30. The van der Waals surface area contributed by atoms with E-state index in [1.54, 1.807) is 30.3 Å². The second-order valence-corrected chi connectivity index (χ2v) is 5.29. The van der Waals surface area contributed by atoms with Crippen LogP contribution in [0.4, 0.5) is 13.2 Å². The number of tetrazole rings is 1. The molecule has 0 amide bonds. The fourth-order valence-electron chi connectivity index (χ4n) is 2.35. The molecule has 3 rings (SSSR count). The van der Waals surface area contributed by atoms with Crippen molar-refractivity contribution in [1.82, 2.24) is 20.2 Å². The fraction of sp³-hybridized carbons (Fsp3) is 0.118. The molecule has 1 heterocycles. The summed E-state index contributed by atoms with van der Waals surface area (Å²) in [7, 11) is 0. The second kappa shape index (κ2) is 6.76. The lowest BCUT2D eigenvalue weighted by Crippen LogP contribution is -2.17. The number of halogens is 3. The summed E-state index contributed by atoms with van der Waals surface area (Å²) in [6.45, 7) is 0. The van der Waals surface area contributed by atoms with E-state index < -0.39 is 23.4 Å². The first-order valence-corrected chi connectivity index (χ1v) is 7.36. The number of hydrogen-bond acceptors (Lipinski definition) is 5. The minimum atomic E-state index is -4.51. The lowest BCUT2D eigenvalue weighted by Gasteiger charge is -2.10. The number of benzene rings is 2. The molecule has 0 aliphatic carbocycles. The number of Topliss-reactive ketones (excluding diaryl/α,β-unsaturated/α-hetero) is 1. The molecule has 26 heavy (non-hydrogen) atoms. The lowest BCUT2D eigenvalue weighted by atomic mass is 9.97. The number of carbonyl (C=O) groups is 1. The lowest BCUT2D eigenvalue weighted by molar-refractivity contribution is -0.137. The molecule has 0 aliphatic rings. The number of nitriles is 1. The van der Waals surface area contributed by atoms with Crippen molar-refractivity contribution in [1.29, 1.82) is 5.26 Å². The highest BCUT2D eigenvalue weighted by Gasteiger charge is 2.32. The molecule has 130 valence electrons. The van der Waals surface area contributed by atoms with E-state index in [1.165, 1.54) is 4.68 Å². The number of ketones is 1. The zero-order valence-corrected chi connectivity index (χ0v) is 13.1. The summed E-state index contributed by atoms with van der Waals surface area (Å²) < 4.78 is 39.2. The van der Waals surface area contributed by atoms with Crippen molar-refractivity contribution in [3.05, 3.63) is 71.5 Å². The van der Waals surface area contributed by atoms with E-state index in [0.29, 0.717) is 5.69 Å². The largest absolute Gasteiger partial charge is 0.416 e. The SMILES string of the molecule is N#C[C@@H](C(=O)c1ccc(C(F)(F)F)cc1)c1nnnn1-c1ccccc1. The van der Waals surface area contributed by atoms with Crippen LogP contribution < -0.4 is 0 Å². The summed E-state index contributed by atoms with van der Waals surface area (Å²) in [4.78, 5) is 12.6. The topological polar surface area (TPSA) is 84.5 Å². The van der Waals surface area contributed by atoms with Gasteiger partial charge >= 0.3 is 6.18 Å². The van der Waals surface area contributed by atoms with E-state index in [9.17, 15) is 23.2 Å². The second-order valence-electron chi connectivity index (χ2n) is 5.29. The molecule has 1 aromatic heterocycles. The molecule has 0 radical (unpaired) electrons. The van der Waals surface area contributed by atoms with Gasteiger partial charge < -0.3 is 0 Å². The smallest absolute Gasteiger partial charge is 0.292 e. The predicted octanol–water partition coefficient (Wildman–Crippen LogP) is 3.17. The Bertz CT molecular complexity index is 959. The molecule has 0 aliphatic heterocycles. The number of para-hydroxylation sites is 1. The van der Waals surface area contributed by atoms with E-state index in [0.717, 1.165) is 24.3 Å². The van der Waals surface area contributed by atoms with E-state index >= 15 is 0 Å². The highest BCUT2D eigenvalue weighted by molar-refractivity contribution is 6.02. The normalized spacial score (nSPS) is 12.4. The highest BCUT2D eigenvalue weighted by atomic mass is 19.4. The Hall–Kier alpha value is -3.54. The number of rotatable bonds is 4.